The molecule has 0 heterocycles. The highest BCUT2D eigenvalue weighted by atomic mass is 35.5. The lowest BCUT2D eigenvalue weighted by atomic mass is 9.94. The van der Waals surface area contributed by atoms with Crippen molar-refractivity contribution < 1.29 is 22.9 Å². The second kappa shape index (κ2) is 3.07. The molecule has 15 heavy (non-hydrogen) atoms. The maximum atomic E-state index is 12.6. The predicted octanol–water partition coefficient (Wildman–Crippen LogP) is 1.99. The summed E-state index contributed by atoms with van der Waals surface area (Å²) >= 11 is 5.03. The number of nitro groups is 1. The van der Waals surface area contributed by atoms with Crippen molar-refractivity contribution in [1.29, 1.82) is 0 Å². The van der Waals surface area contributed by atoms with Gasteiger partial charge in [-0.1, -0.05) is 6.92 Å². The fourth-order valence-corrected chi connectivity index (χ4v) is 2.02. The zero-order valence-corrected chi connectivity index (χ0v) is 8.35. The summed E-state index contributed by atoms with van der Waals surface area (Å²) < 4.78 is 37.8. The molecule has 0 unspecified atom stereocenters. The molecule has 0 aliphatic heterocycles. The summed E-state index contributed by atoms with van der Waals surface area (Å²) in [7, 11) is 0. The highest BCUT2D eigenvalue weighted by molar-refractivity contribution is 6.65. The van der Waals surface area contributed by atoms with Crippen LogP contribution < -0.4 is 0 Å². The van der Waals surface area contributed by atoms with Crippen molar-refractivity contribution in [3.8, 4) is 0 Å². The van der Waals surface area contributed by atoms with E-state index in [2.05, 4.69) is 0 Å². The number of carbonyl (C=O) groups is 1. The van der Waals surface area contributed by atoms with Gasteiger partial charge in [-0.05, 0) is 18.0 Å². The Balaban J connectivity index is 3.05. The lowest BCUT2D eigenvalue weighted by Crippen LogP contribution is -2.38. The van der Waals surface area contributed by atoms with Gasteiger partial charge in [0.15, 0.2) is 0 Å². The van der Waals surface area contributed by atoms with Gasteiger partial charge in [0.2, 0.25) is 11.8 Å². The van der Waals surface area contributed by atoms with Crippen molar-refractivity contribution in [2.45, 2.75) is 19.5 Å². The topological polar surface area (TPSA) is 60.2 Å². The minimum absolute atomic E-state index is 0.618. The Kier molecular flexibility index (Phi) is 2.50. The summed E-state index contributed by atoms with van der Waals surface area (Å²) in [6.07, 6.45) is -5.41. The molecule has 2 atom stereocenters. The summed E-state index contributed by atoms with van der Waals surface area (Å²) in [5, 5.41) is 8.98. The van der Waals surface area contributed by atoms with E-state index in [-0.39, 0.29) is 0 Å². The molecule has 8 heteroatoms. The van der Waals surface area contributed by atoms with Gasteiger partial charge in [-0.25, -0.2) is 0 Å². The fourth-order valence-electron chi connectivity index (χ4n) is 1.77. The van der Waals surface area contributed by atoms with Crippen LogP contribution in [-0.4, -0.2) is 22.9 Å². The molecule has 86 valence electrons. The summed E-state index contributed by atoms with van der Waals surface area (Å²) in [5.74, 6) is 0. The van der Waals surface area contributed by atoms with E-state index in [0.29, 0.717) is 0 Å². The number of nitrogens with zero attached hydrogens (tertiary/aromatic N) is 1. The molecule has 0 N–H and O–H groups in total. The minimum atomic E-state index is -4.79. The van der Waals surface area contributed by atoms with Crippen LogP contribution in [-0.2, 0) is 4.79 Å². The highest BCUT2D eigenvalue weighted by Gasteiger charge is 2.83. The molecule has 1 rings (SSSR count). The maximum absolute atomic E-state index is 12.6. The monoisotopic (exact) mass is 245 g/mol. The second-order valence-electron chi connectivity index (χ2n) is 3.85. The van der Waals surface area contributed by atoms with Gasteiger partial charge >= 0.3 is 6.18 Å². The third-order valence-electron chi connectivity index (χ3n) is 2.96. The van der Waals surface area contributed by atoms with E-state index >= 15 is 0 Å². The van der Waals surface area contributed by atoms with Gasteiger partial charge in [0.05, 0.1) is 5.41 Å². The molecule has 1 fully saturated rings. The Morgan fingerprint density at radius 1 is 1.60 bits per heavy atom. The third-order valence-corrected chi connectivity index (χ3v) is 3.38. The molecule has 1 saturated carbocycles. The van der Waals surface area contributed by atoms with Crippen LogP contribution in [0.5, 0.6) is 0 Å². The van der Waals surface area contributed by atoms with Gasteiger partial charge in [-0.15, -0.1) is 0 Å². The molecule has 4 nitrogen and oxygen atoms in total. The van der Waals surface area contributed by atoms with E-state index < -0.39 is 40.1 Å². The van der Waals surface area contributed by atoms with Gasteiger partial charge < -0.3 is 0 Å². The molecule has 0 saturated heterocycles. The second-order valence-corrected chi connectivity index (χ2v) is 4.20. The first-order chi connectivity index (χ1) is 6.57. The van der Waals surface area contributed by atoms with Crippen molar-refractivity contribution >= 4 is 16.8 Å². The van der Waals surface area contributed by atoms with Gasteiger partial charge in [-0.2, -0.15) is 13.2 Å². The van der Waals surface area contributed by atoms with E-state index in [0.717, 1.165) is 6.92 Å². The average molecular weight is 246 g/mol. The van der Waals surface area contributed by atoms with Crippen molar-refractivity contribution in [3.63, 3.8) is 0 Å². The molecular formula is C7H7ClF3NO3. The van der Waals surface area contributed by atoms with E-state index in [1.807, 2.05) is 0 Å². The van der Waals surface area contributed by atoms with Crippen molar-refractivity contribution in [2.24, 2.45) is 10.8 Å². The van der Waals surface area contributed by atoms with Gasteiger partial charge in [0.25, 0.3) is 0 Å². The predicted molar refractivity (Wildman–Crippen MR) is 43.9 cm³/mol. The van der Waals surface area contributed by atoms with Crippen molar-refractivity contribution in [2.75, 3.05) is 6.54 Å². The quantitative estimate of drug-likeness (QED) is 0.434. The Labute approximate surface area is 87.5 Å². The summed E-state index contributed by atoms with van der Waals surface area (Å²) in [6, 6.07) is 0. The summed E-state index contributed by atoms with van der Waals surface area (Å²) in [4.78, 5) is 19.9. The van der Waals surface area contributed by atoms with Crippen LogP contribution in [0.3, 0.4) is 0 Å². The molecule has 1 aliphatic rings. The molecule has 0 spiro atoms. The Bertz CT molecular complexity index is 332. The number of hydrogen-bond acceptors (Lipinski definition) is 3. The average Bonchev–Trinajstić information content (AvgIpc) is 2.56. The van der Waals surface area contributed by atoms with Crippen LogP contribution >= 0.6 is 11.6 Å². The molecule has 0 aromatic carbocycles. The number of hydrogen-bond donors (Lipinski definition) is 0. The lowest BCUT2D eigenvalue weighted by Gasteiger charge is -2.19. The standard InChI is InChI=1S/C7H7ClF3NO3/c1-5(4(8)13)2-6(5,3-12(14)15)7(9,10)11/h2-3H2,1H3/t5-,6-/m1/s1. The van der Waals surface area contributed by atoms with Crippen LogP contribution in [0.4, 0.5) is 13.2 Å². The first-order valence-corrected chi connectivity index (χ1v) is 4.33. The zero-order valence-electron chi connectivity index (χ0n) is 7.60. The molecule has 0 amide bonds. The normalized spacial score (nSPS) is 35.0. The van der Waals surface area contributed by atoms with Gasteiger partial charge in [0.1, 0.15) is 5.41 Å². The molecule has 0 aromatic rings. The number of carbonyl (C=O) groups excluding carboxylic acids is 1. The van der Waals surface area contributed by atoms with Gasteiger partial charge in [0, 0.05) is 4.92 Å². The summed E-state index contributed by atoms with van der Waals surface area (Å²) in [5.41, 5.74) is -4.46. The van der Waals surface area contributed by atoms with Crippen LogP contribution in [0.2, 0.25) is 0 Å². The first kappa shape index (κ1) is 12.2. The minimum Gasteiger partial charge on any atom is -0.281 e. The largest absolute Gasteiger partial charge is 0.401 e. The van der Waals surface area contributed by atoms with Crippen molar-refractivity contribution in [3.05, 3.63) is 10.1 Å². The Hall–Kier alpha value is -0.850. The molecule has 0 aromatic heterocycles. The first-order valence-electron chi connectivity index (χ1n) is 3.95. The van der Waals surface area contributed by atoms with Crippen LogP contribution in [0.15, 0.2) is 0 Å². The SMILES string of the molecule is C[C@]1(C(=O)Cl)C[C@]1(C[N+](=O)[O-])C(F)(F)F. The molecule has 0 radical (unpaired) electrons. The number of halogens is 4. The zero-order chi connectivity index (χ0) is 12.1. The van der Waals surface area contributed by atoms with Crippen LogP contribution in [0.25, 0.3) is 0 Å². The lowest BCUT2D eigenvalue weighted by molar-refractivity contribution is -0.503. The van der Waals surface area contributed by atoms with Crippen molar-refractivity contribution in [1.82, 2.24) is 0 Å². The smallest absolute Gasteiger partial charge is 0.281 e. The Morgan fingerprint density at radius 3 is 2.27 bits per heavy atom. The maximum Gasteiger partial charge on any atom is 0.401 e. The summed E-state index contributed by atoms with van der Waals surface area (Å²) in [6.45, 7) is -0.315. The number of rotatable bonds is 3. The molecule has 0 bridgehead atoms. The Morgan fingerprint density at radius 2 is 2.07 bits per heavy atom. The molecule has 1 aliphatic carbocycles. The van der Waals surface area contributed by atoms with Gasteiger partial charge in [-0.3, -0.25) is 14.9 Å². The number of alkyl halides is 3. The molecular weight excluding hydrogens is 239 g/mol. The van der Waals surface area contributed by atoms with E-state index in [4.69, 9.17) is 11.6 Å². The highest BCUT2D eigenvalue weighted by Crippen LogP contribution is 2.71. The van der Waals surface area contributed by atoms with E-state index in [1.165, 1.54) is 0 Å². The van der Waals surface area contributed by atoms with Crippen LogP contribution in [0.1, 0.15) is 13.3 Å². The van der Waals surface area contributed by atoms with E-state index in [9.17, 15) is 28.1 Å². The van der Waals surface area contributed by atoms with E-state index in [1.54, 1.807) is 0 Å². The fraction of sp³-hybridized carbons (Fsp3) is 0.857. The van der Waals surface area contributed by atoms with Crippen LogP contribution in [0, 0.1) is 20.9 Å². The third kappa shape index (κ3) is 1.58.